The summed E-state index contributed by atoms with van der Waals surface area (Å²) in [6, 6.07) is 0. The van der Waals surface area contributed by atoms with Crippen LogP contribution in [0.4, 0.5) is 4.79 Å². The van der Waals surface area contributed by atoms with Gasteiger partial charge in [0.15, 0.2) is 0 Å². The van der Waals surface area contributed by atoms with Crippen LogP contribution in [0.25, 0.3) is 0 Å². The molecule has 33 heavy (non-hydrogen) atoms. The van der Waals surface area contributed by atoms with Gasteiger partial charge in [0.2, 0.25) is 0 Å². The Hall–Kier alpha value is -0.850. The number of aliphatic hydroxyl groups excluding tert-OH is 2. The SMILES string of the molecule is CCCCCCCCCCCNC(=O)OCC(CO)(CO)NCCCCCCCCCCC. The molecule has 0 spiro atoms. The maximum atomic E-state index is 12.0. The number of carbonyl (C=O) groups is 1. The third-order valence-electron chi connectivity index (χ3n) is 6.41. The summed E-state index contributed by atoms with van der Waals surface area (Å²) in [7, 11) is 0. The number of hydrogen-bond donors (Lipinski definition) is 4. The molecule has 1 amide bonds. The summed E-state index contributed by atoms with van der Waals surface area (Å²) in [6.45, 7) is 5.19. The minimum absolute atomic E-state index is 0.0407. The Morgan fingerprint density at radius 1 is 0.636 bits per heavy atom. The van der Waals surface area contributed by atoms with Gasteiger partial charge in [-0.25, -0.2) is 4.79 Å². The van der Waals surface area contributed by atoms with Gasteiger partial charge in [0.05, 0.1) is 18.8 Å². The summed E-state index contributed by atoms with van der Waals surface area (Å²) in [5.41, 5.74) is -0.977. The lowest BCUT2D eigenvalue weighted by atomic mass is 10.0. The van der Waals surface area contributed by atoms with Crippen molar-refractivity contribution < 1.29 is 19.7 Å². The maximum absolute atomic E-state index is 12.0. The van der Waals surface area contributed by atoms with Gasteiger partial charge in [0.1, 0.15) is 6.61 Å². The second-order valence-electron chi connectivity index (χ2n) is 9.68. The maximum Gasteiger partial charge on any atom is 0.407 e. The summed E-state index contributed by atoms with van der Waals surface area (Å²) in [5, 5.41) is 25.5. The zero-order chi connectivity index (χ0) is 24.5. The van der Waals surface area contributed by atoms with E-state index in [4.69, 9.17) is 4.74 Å². The van der Waals surface area contributed by atoms with E-state index in [1.165, 1.54) is 89.9 Å². The average Bonchev–Trinajstić information content (AvgIpc) is 2.83. The fourth-order valence-corrected chi connectivity index (χ4v) is 3.97. The highest BCUT2D eigenvalue weighted by molar-refractivity contribution is 5.67. The molecule has 0 aromatic rings. The highest BCUT2D eigenvalue weighted by Crippen LogP contribution is 2.11. The molecule has 0 aromatic heterocycles. The molecule has 6 heteroatoms. The van der Waals surface area contributed by atoms with E-state index in [1.807, 2.05) is 0 Å². The van der Waals surface area contributed by atoms with E-state index >= 15 is 0 Å². The number of hydrogen-bond acceptors (Lipinski definition) is 5. The third kappa shape index (κ3) is 20.3. The molecule has 0 aliphatic heterocycles. The van der Waals surface area contributed by atoms with E-state index in [-0.39, 0.29) is 19.8 Å². The first-order valence-corrected chi connectivity index (χ1v) is 14.0. The Morgan fingerprint density at radius 2 is 1.03 bits per heavy atom. The summed E-state index contributed by atoms with van der Waals surface area (Å²) in [5.74, 6) is 0. The van der Waals surface area contributed by atoms with Crippen LogP contribution in [-0.2, 0) is 4.74 Å². The lowest BCUT2D eigenvalue weighted by molar-refractivity contribution is 0.0304. The fraction of sp³-hybridized carbons (Fsp3) is 0.963. The largest absolute Gasteiger partial charge is 0.447 e. The van der Waals surface area contributed by atoms with Crippen LogP contribution in [0.1, 0.15) is 129 Å². The van der Waals surface area contributed by atoms with Gasteiger partial charge in [-0.15, -0.1) is 0 Å². The molecule has 0 saturated heterocycles. The van der Waals surface area contributed by atoms with Gasteiger partial charge in [-0.2, -0.15) is 0 Å². The number of carbonyl (C=O) groups excluding carboxylic acids is 1. The first-order valence-electron chi connectivity index (χ1n) is 14.0. The Kier molecular flexibility index (Phi) is 23.7. The van der Waals surface area contributed by atoms with Gasteiger partial charge in [-0.05, 0) is 19.4 Å². The summed E-state index contributed by atoms with van der Waals surface area (Å²) >= 11 is 0. The van der Waals surface area contributed by atoms with Crippen molar-refractivity contribution in [3.05, 3.63) is 0 Å². The number of amides is 1. The molecule has 0 fully saturated rings. The van der Waals surface area contributed by atoms with Crippen molar-refractivity contribution in [2.24, 2.45) is 0 Å². The van der Waals surface area contributed by atoms with Crippen molar-refractivity contribution in [2.45, 2.75) is 135 Å². The first-order chi connectivity index (χ1) is 16.1. The topological polar surface area (TPSA) is 90.8 Å². The molecule has 198 valence electrons. The van der Waals surface area contributed by atoms with Gasteiger partial charge in [0, 0.05) is 6.54 Å². The van der Waals surface area contributed by atoms with Crippen LogP contribution in [0.3, 0.4) is 0 Å². The van der Waals surface area contributed by atoms with Crippen LogP contribution in [0.15, 0.2) is 0 Å². The van der Waals surface area contributed by atoms with Crippen LogP contribution < -0.4 is 10.6 Å². The average molecular weight is 473 g/mol. The lowest BCUT2D eigenvalue weighted by Crippen LogP contribution is -2.56. The molecule has 0 atom stereocenters. The summed E-state index contributed by atoms with van der Waals surface area (Å²) in [6.07, 6.45) is 21.9. The van der Waals surface area contributed by atoms with Crippen LogP contribution in [0, 0.1) is 0 Å². The molecule has 6 nitrogen and oxygen atoms in total. The minimum atomic E-state index is -0.977. The number of alkyl carbamates (subject to hydrolysis) is 1. The fourth-order valence-electron chi connectivity index (χ4n) is 3.97. The van der Waals surface area contributed by atoms with Crippen LogP contribution in [-0.4, -0.2) is 54.8 Å². The molecule has 0 heterocycles. The van der Waals surface area contributed by atoms with Crippen molar-refractivity contribution in [3.63, 3.8) is 0 Å². The highest BCUT2D eigenvalue weighted by atomic mass is 16.6. The van der Waals surface area contributed by atoms with Gasteiger partial charge < -0.3 is 25.6 Å². The van der Waals surface area contributed by atoms with Crippen molar-refractivity contribution in [1.82, 2.24) is 10.6 Å². The van der Waals surface area contributed by atoms with E-state index in [9.17, 15) is 15.0 Å². The number of aliphatic hydroxyl groups is 2. The van der Waals surface area contributed by atoms with Gasteiger partial charge in [0.25, 0.3) is 0 Å². The molecular weight excluding hydrogens is 416 g/mol. The predicted octanol–water partition coefficient (Wildman–Crippen LogP) is 6.09. The highest BCUT2D eigenvalue weighted by Gasteiger charge is 2.30. The first kappa shape index (κ1) is 32.1. The Morgan fingerprint density at radius 3 is 1.45 bits per heavy atom. The molecule has 0 radical (unpaired) electrons. The van der Waals surface area contributed by atoms with Gasteiger partial charge >= 0.3 is 6.09 Å². The zero-order valence-corrected chi connectivity index (χ0v) is 22.0. The van der Waals surface area contributed by atoms with E-state index in [0.29, 0.717) is 13.1 Å². The summed E-state index contributed by atoms with van der Waals surface area (Å²) < 4.78 is 5.28. The van der Waals surface area contributed by atoms with Gasteiger partial charge in [-0.1, -0.05) is 117 Å². The second kappa shape index (κ2) is 24.3. The molecular formula is C27H56N2O4. The Labute approximate surface area is 204 Å². The number of unbranched alkanes of at least 4 members (excludes halogenated alkanes) is 16. The van der Waals surface area contributed by atoms with Crippen molar-refractivity contribution in [3.8, 4) is 0 Å². The van der Waals surface area contributed by atoms with Crippen molar-refractivity contribution >= 4 is 6.09 Å². The van der Waals surface area contributed by atoms with E-state index in [0.717, 1.165) is 25.7 Å². The third-order valence-corrected chi connectivity index (χ3v) is 6.41. The molecule has 0 rings (SSSR count). The normalized spacial score (nSPS) is 11.6. The number of nitrogens with one attached hydrogen (secondary N) is 2. The Bertz CT molecular complexity index is 417. The Balaban J connectivity index is 3.76. The lowest BCUT2D eigenvalue weighted by Gasteiger charge is -2.30. The van der Waals surface area contributed by atoms with Gasteiger partial charge in [-0.3, -0.25) is 0 Å². The second-order valence-corrected chi connectivity index (χ2v) is 9.68. The van der Waals surface area contributed by atoms with E-state index in [2.05, 4.69) is 24.5 Å². The number of ether oxygens (including phenoxy) is 1. The van der Waals surface area contributed by atoms with E-state index < -0.39 is 11.6 Å². The number of rotatable bonds is 25. The quantitative estimate of drug-likeness (QED) is 0.121. The molecule has 0 unspecified atom stereocenters. The predicted molar refractivity (Wildman–Crippen MR) is 139 cm³/mol. The van der Waals surface area contributed by atoms with Crippen molar-refractivity contribution in [2.75, 3.05) is 32.9 Å². The molecule has 0 bridgehead atoms. The molecule has 0 aromatic carbocycles. The molecule has 4 N–H and O–H groups in total. The molecule has 0 aliphatic carbocycles. The van der Waals surface area contributed by atoms with Crippen LogP contribution in [0.2, 0.25) is 0 Å². The molecule has 0 saturated carbocycles. The standard InChI is InChI=1S/C27H56N2O4/c1-3-5-7-9-11-13-15-17-19-21-28-26(32)33-25-27(23-30,24-31)29-22-20-18-16-14-12-10-8-6-4-2/h29-31H,3-25H2,1-2H3,(H,28,32). The van der Waals surface area contributed by atoms with Crippen LogP contribution in [0.5, 0.6) is 0 Å². The molecule has 0 aliphatic rings. The monoisotopic (exact) mass is 472 g/mol. The summed E-state index contributed by atoms with van der Waals surface area (Å²) in [4.78, 5) is 12.0. The van der Waals surface area contributed by atoms with E-state index in [1.54, 1.807) is 0 Å². The van der Waals surface area contributed by atoms with Crippen LogP contribution >= 0.6 is 0 Å². The minimum Gasteiger partial charge on any atom is -0.447 e. The van der Waals surface area contributed by atoms with Crippen molar-refractivity contribution in [1.29, 1.82) is 0 Å². The smallest absolute Gasteiger partial charge is 0.407 e. The zero-order valence-electron chi connectivity index (χ0n) is 22.0.